The molecule has 0 bridgehead atoms. The maximum Gasteiger partial charge on any atom is 0.272 e. The summed E-state index contributed by atoms with van der Waals surface area (Å²) in [7, 11) is 0. The van der Waals surface area contributed by atoms with Crippen LogP contribution >= 0.6 is 27.5 Å². The number of aromatic nitrogens is 2. The molecule has 0 aliphatic carbocycles. The van der Waals surface area contributed by atoms with Crippen LogP contribution in [0.2, 0.25) is 5.02 Å². The van der Waals surface area contributed by atoms with Crippen LogP contribution in [-0.4, -0.2) is 15.9 Å². The molecule has 0 radical (unpaired) electrons. The number of anilines is 1. The molecule has 6 heteroatoms. The third-order valence-corrected chi connectivity index (χ3v) is 3.47. The number of hydrogen-bond acceptors (Lipinski definition) is 2. The molecule has 0 aliphatic heterocycles. The van der Waals surface area contributed by atoms with Crippen molar-refractivity contribution in [3.05, 3.63) is 57.9 Å². The first-order chi connectivity index (χ1) is 9.63. The predicted octanol–water partition coefficient (Wildman–Crippen LogP) is 4.23. The fraction of sp³-hybridized carbons (Fsp3) is 0. The van der Waals surface area contributed by atoms with Crippen LogP contribution in [0.25, 0.3) is 10.9 Å². The summed E-state index contributed by atoms with van der Waals surface area (Å²) < 4.78 is 0.893. The molecule has 0 spiro atoms. The topological polar surface area (TPSA) is 57.8 Å². The van der Waals surface area contributed by atoms with Gasteiger partial charge in [-0.25, -0.2) is 0 Å². The van der Waals surface area contributed by atoms with Gasteiger partial charge in [0.05, 0.1) is 16.2 Å². The smallest absolute Gasteiger partial charge is 0.272 e. The maximum absolute atomic E-state index is 12.1. The molecule has 0 aliphatic rings. The Labute approximate surface area is 128 Å². The molecule has 3 rings (SSSR count). The number of para-hydroxylation sites is 1. The van der Waals surface area contributed by atoms with Gasteiger partial charge in [-0.05, 0) is 34.1 Å². The Hall–Kier alpha value is -1.85. The number of benzene rings is 1. The quantitative estimate of drug-likeness (QED) is 0.726. The number of fused-ring (bicyclic) bond motifs is 1. The zero-order chi connectivity index (χ0) is 14.1. The SMILES string of the molecule is O=C(Nc1cccc2cc(Br)cnc12)c1cc(Cl)c[nH]1. The Morgan fingerprint density at radius 3 is 2.95 bits per heavy atom. The van der Waals surface area contributed by atoms with Crippen LogP contribution in [0.5, 0.6) is 0 Å². The van der Waals surface area contributed by atoms with Crippen molar-refractivity contribution in [1.82, 2.24) is 9.97 Å². The normalized spacial score (nSPS) is 10.7. The highest BCUT2D eigenvalue weighted by Crippen LogP contribution is 2.24. The number of aromatic amines is 1. The molecule has 4 nitrogen and oxygen atoms in total. The number of nitrogens with zero attached hydrogens (tertiary/aromatic N) is 1. The van der Waals surface area contributed by atoms with Crippen molar-refractivity contribution in [2.45, 2.75) is 0 Å². The van der Waals surface area contributed by atoms with Gasteiger partial charge in [-0.15, -0.1) is 0 Å². The van der Waals surface area contributed by atoms with E-state index in [2.05, 4.69) is 31.2 Å². The van der Waals surface area contributed by atoms with Gasteiger partial charge in [0, 0.05) is 22.3 Å². The van der Waals surface area contributed by atoms with Crippen molar-refractivity contribution in [3.63, 3.8) is 0 Å². The Morgan fingerprint density at radius 2 is 2.20 bits per heavy atom. The minimum absolute atomic E-state index is 0.255. The molecular formula is C14H9BrClN3O. The van der Waals surface area contributed by atoms with Crippen LogP contribution in [-0.2, 0) is 0 Å². The first kappa shape index (κ1) is 13.1. The Kier molecular flexibility index (Phi) is 3.46. The number of pyridine rings is 1. The predicted molar refractivity (Wildman–Crippen MR) is 83.2 cm³/mol. The van der Waals surface area contributed by atoms with Gasteiger partial charge in [-0.2, -0.15) is 0 Å². The molecule has 20 heavy (non-hydrogen) atoms. The Balaban J connectivity index is 1.97. The fourth-order valence-corrected chi connectivity index (χ4v) is 2.44. The monoisotopic (exact) mass is 349 g/mol. The molecule has 1 aromatic carbocycles. The Morgan fingerprint density at radius 1 is 1.35 bits per heavy atom. The molecule has 0 unspecified atom stereocenters. The number of carbonyl (C=O) groups excluding carboxylic acids is 1. The first-order valence-corrected chi connectivity index (χ1v) is 7.00. The van der Waals surface area contributed by atoms with Crippen molar-refractivity contribution < 1.29 is 4.79 Å². The zero-order valence-electron chi connectivity index (χ0n) is 10.2. The zero-order valence-corrected chi connectivity index (χ0v) is 12.5. The van der Waals surface area contributed by atoms with Crippen LogP contribution in [0.15, 0.2) is 47.2 Å². The summed E-state index contributed by atoms with van der Waals surface area (Å²) in [6.45, 7) is 0. The molecule has 0 fully saturated rings. The second kappa shape index (κ2) is 5.26. The van der Waals surface area contributed by atoms with Gasteiger partial charge in [0.25, 0.3) is 5.91 Å². The molecule has 100 valence electrons. The van der Waals surface area contributed by atoms with Crippen molar-refractivity contribution in [2.24, 2.45) is 0 Å². The van der Waals surface area contributed by atoms with Crippen molar-refractivity contribution >= 4 is 50.0 Å². The van der Waals surface area contributed by atoms with E-state index in [1.165, 1.54) is 0 Å². The van der Waals surface area contributed by atoms with E-state index in [1.807, 2.05) is 24.3 Å². The molecule has 2 heterocycles. The molecular weight excluding hydrogens is 342 g/mol. The van der Waals surface area contributed by atoms with E-state index in [0.717, 1.165) is 15.4 Å². The van der Waals surface area contributed by atoms with Gasteiger partial charge >= 0.3 is 0 Å². The van der Waals surface area contributed by atoms with Gasteiger partial charge in [-0.1, -0.05) is 23.7 Å². The number of halogens is 2. The highest BCUT2D eigenvalue weighted by molar-refractivity contribution is 9.10. The average Bonchev–Trinajstić information content (AvgIpc) is 2.85. The van der Waals surface area contributed by atoms with Crippen LogP contribution in [0.4, 0.5) is 5.69 Å². The summed E-state index contributed by atoms with van der Waals surface area (Å²) >= 11 is 9.17. The molecule has 0 saturated carbocycles. The highest BCUT2D eigenvalue weighted by atomic mass is 79.9. The number of nitrogens with one attached hydrogen (secondary N) is 2. The molecule has 2 N–H and O–H groups in total. The summed E-state index contributed by atoms with van der Waals surface area (Å²) in [6.07, 6.45) is 3.26. The van der Waals surface area contributed by atoms with Crippen LogP contribution < -0.4 is 5.32 Å². The van der Waals surface area contributed by atoms with Crippen LogP contribution in [0, 0.1) is 0 Å². The molecule has 3 aromatic rings. The number of rotatable bonds is 2. The molecule has 2 aromatic heterocycles. The minimum atomic E-state index is -0.255. The molecule has 0 saturated heterocycles. The third kappa shape index (κ3) is 2.55. The van der Waals surface area contributed by atoms with Crippen molar-refractivity contribution in [2.75, 3.05) is 5.32 Å². The van der Waals surface area contributed by atoms with E-state index in [9.17, 15) is 4.79 Å². The van der Waals surface area contributed by atoms with E-state index >= 15 is 0 Å². The van der Waals surface area contributed by atoms with Crippen molar-refractivity contribution in [3.8, 4) is 0 Å². The lowest BCUT2D eigenvalue weighted by Gasteiger charge is -2.07. The summed E-state index contributed by atoms with van der Waals surface area (Å²) in [5.41, 5.74) is 1.80. The first-order valence-electron chi connectivity index (χ1n) is 5.83. The number of H-pyrrole nitrogens is 1. The lowest BCUT2D eigenvalue weighted by Crippen LogP contribution is -2.12. The van der Waals surface area contributed by atoms with Gasteiger partial charge in [0.2, 0.25) is 0 Å². The van der Waals surface area contributed by atoms with E-state index in [4.69, 9.17) is 11.6 Å². The van der Waals surface area contributed by atoms with Crippen LogP contribution in [0.3, 0.4) is 0 Å². The standard InChI is InChI=1S/C14H9BrClN3O/c15-9-4-8-2-1-3-11(13(8)18-6-9)19-14(20)12-5-10(16)7-17-12/h1-7,17H,(H,19,20). The van der Waals surface area contributed by atoms with Gasteiger partial charge in [0.1, 0.15) is 5.69 Å². The second-order valence-corrected chi connectivity index (χ2v) is 5.57. The average molecular weight is 351 g/mol. The lowest BCUT2D eigenvalue weighted by atomic mass is 10.2. The Bertz CT molecular complexity index is 800. The second-order valence-electron chi connectivity index (χ2n) is 4.22. The lowest BCUT2D eigenvalue weighted by molar-refractivity contribution is 0.102. The van der Waals surface area contributed by atoms with E-state index in [-0.39, 0.29) is 5.91 Å². The van der Waals surface area contributed by atoms with Gasteiger partial charge in [0.15, 0.2) is 0 Å². The molecule has 0 atom stereocenters. The van der Waals surface area contributed by atoms with E-state index < -0.39 is 0 Å². The summed E-state index contributed by atoms with van der Waals surface area (Å²) in [5.74, 6) is -0.255. The number of hydrogen-bond donors (Lipinski definition) is 2. The van der Waals surface area contributed by atoms with Crippen LogP contribution in [0.1, 0.15) is 10.5 Å². The maximum atomic E-state index is 12.1. The minimum Gasteiger partial charge on any atom is -0.356 e. The summed E-state index contributed by atoms with van der Waals surface area (Å²) in [6, 6.07) is 9.14. The largest absolute Gasteiger partial charge is 0.356 e. The fourth-order valence-electron chi connectivity index (χ4n) is 1.92. The number of carbonyl (C=O) groups is 1. The summed E-state index contributed by atoms with van der Waals surface area (Å²) in [5, 5.41) is 4.27. The number of amides is 1. The van der Waals surface area contributed by atoms with E-state index in [1.54, 1.807) is 18.5 Å². The van der Waals surface area contributed by atoms with Gasteiger partial charge in [-0.3, -0.25) is 9.78 Å². The summed E-state index contributed by atoms with van der Waals surface area (Å²) in [4.78, 5) is 19.2. The van der Waals surface area contributed by atoms with Gasteiger partial charge < -0.3 is 10.3 Å². The highest BCUT2D eigenvalue weighted by Gasteiger charge is 2.10. The molecule has 1 amide bonds. The third-order valence-electron chi connectivity index (χ3n) is 2.82. The van der Waals surface area contributed by atoms with Crippen molar-refractivity contribution in [1.29, 1.82) is 0 Å². The van der Waals surface area contributed by atoms with E-state index in [0.29, 0.717) is 16.4 Å².